The zero-order valence-corrected chi connectivity index (χ0v) is 15.8. The third-order valence-corrected chi connectivity index (χ3v) is 5.37. The minimum Gasteiger partial charge on any atom is -0.328 e. The van der Waals surface area contributed by atoms with Crippen molar-refractivity contribution in [3.8, 4) is 11.4 Å². The Morgan fingerprint density at radius 1 is 1.12 bits per heavy atom. The highest BCUT2D eigenvalue weighted by atomic mass is 15.3. The van der Waals surface area contributed by atoms with Crippen molar-refractivity contribution >= 4 is 0 Å². The van der Waals surface area contributed by atoms with E-state index in [2.05, 4.69) is 50.0 Å². The Bertz CT molecular complexity index is 873. The molecule has 0 atom stereocenters. The summed E-state index contributed by atoms with van der Waals surface area (Å²) in [4.78, 5) is 11.2. The summed E-state index contributed by atoms with van der Waals surface area (Å²) in [5.74, 6) is 1.72. The van der Waals surface area contributed by atoms with E-state index < -0.39 is 0 Å². The number of aromatic nitrogens is 5. The number of imidazole rings is 1. The number of hydrogen-bond acceptors (Lipinski definition) is 4. The zero-order valence-electron chi connectivity index (χ0n) is 15.8. The van der Waals surface area contributed by atoms with Gasteiger partial charge in [0.05, 0.1) is 6.20 Å². The van der Waals surface area contributed by atoms with Gasteiger partial charge in [0.25, 0.3) is 0 Å². The minimum absolute atomic E-state index is 0.671. The van der Waals surface area contributed by atoms with Crippen molar-refractivity contribution in [1.82, 2.24) is 29.2 Å². The molecule has 136 valence electrons. The Labute approximate surface area is 154 Å². The second-order valence-electron chi connectivity index (χ2n) is 7.20. The summed E-state index contributed by atoms with van der Waals surface area (Å²) in [6.07, 6.45) is 7.64. The molecule has 0 amide bonds. The summed E-state index contributed by atoms with van der Waals surface area (Å²) in [7, 11) is 0. The Morgan fingerprint density at radius 2 is 1.88 bits per heavy atom. The fourth-order valence-corrected chi connectivity index (χ4v) is 3.80. The van der Waals surface area contributed by atoms with Gasteiger partial charge in [0.15, 0.2) is 0 Å². The van der Waals surface area contributed by atoms with Crippen LogP contribution in [0.1, 0.15) is 23.9 Å². The van der Waals surface area contributed by atoms with Crippen LogP contribution in [0.15, 0.2) is 36.9 Å². The summed E-state index contributed by atoms with van der Waals surface area (Å²) >= 11 is 0. The number of rotatable bonds is 6. The molecule has 1 aliphatic heterocycles. The average molecular weight is 350 g/mol. The summed E-state index contributed by atoms with van der Waals surface area (Å²) in [6, 6.07) is 4.05. The molecule has 0 aromatic carbocycles. The molecule has 0 unspecified atom stereocenters. The van der Waals surface area contributed by atoms with Crippen molar-refractivity contribution in [3.05, 3.63) is 53.9 Å². The molecule has 3 aromatic heterocycles. The maximum atomic E-state index is 4.62. The Balaban J connectivity index is 1.39. The Kier molecular flexibility index (Phi) is 4.59. The van der Waals surface area contributed by atoms with E-state index in [1.54, 1.807) is 0 Å². The van der Waals surface area contributed by atoms with E-state index in [-0.39, 0.29) is 0 Å². The maximum absolute atomic E-state index is 4.62. The van der Waals surface area contributed by atoms with Gasteiger partial charge in [-0.15, -0.1) is 0 Å². The van der Waals surface area contributed by atoms with E-state index in [0.29, 0.717) is 5.92 Å². The lowest BCUT2D eigenvalue weighted by Gasteiger charge is -2.39. The third-order valence-electron chi connectivity index (χ3n) is 5.37. The Hall–Kier alpha value is -2.47. The van der Waals surface area contributed by atoms with Crippen LogP contribution in [0.5, 0.6) is 0 Å². The van der Waals surface area contributed by atoms with E-state index in [1.807, 2.05) is 36.9 Å². The van der Waals surface area contributed by atoms with Gasteiger partial charge in [0.1, 0.15) is 5.82 Å². The van der Waals surface area contributed by atoms with Gasteiger partial charge in [-0.25, -0.2) is 4.98 Å². The molecule has 6 nitrogen and oxygen atoms in total. The molecule has 0 spiro atoms. The van der Waals surface area contributed by atoms with Crippen LogP contribution >= 0.6 is 0 Å². The average Bonchev–Trinajstić information content (AvgIpc) is 3.17. The molecule has 4 heterocycles. The van der Waals surface area contributed by atoms with Crippen molar-refractivity contribution in [1.29, 1.82) is 0 Å². The fourth-order valence-electron chi connectivity index (χ4n) is 3.80. The highest BCUT2D eigenvalue weighted by Crippen LogP contribution is 2.25. The first kappa shape index (κ1) is 17.0. The van der Waals surface area contributed by atoms with Gasteiger partial charge < -0.3 is 4.57 Å². The first-order valence-electron chi connectivity index (χ1n) is 9.32. The number of pyridine rings is 1. The molecule has 0 N–H and O–H groups in total. The van der Waals surface area contributed by atoms with Crippen LogP contribution in [-0.2, 0) is 19.6 Å². The lowest BCUT2D eigenvalue weighted by molar-refractivity contribution is 0.0800. The van der Waals surface area contributed by atoms with E-state index >= 15 is 0 Å². The van der Waals surface area contributed by atoms with Crippen molar-refractivity contribution < 1.29 is 0 Å². The Morgan fingerprint density at radius 3 is 2.58 bits per heavy atom. The summed E-state index contributed by atoms with van der Waals surface area (Å²) in [6.45, 7) is 11.7. The smallest absolute Gasteiger partial charge is 0.140 e. The first-order valence-corrected chi connectivity index (χ1v) is 9.32. The van der Waals surface area contributed by atoms with Crippen LogP contribution in [0.4, 0.5) is 0 Å². The molecule has 0 aliphatic carbocycles. The molecule has 0 radical (unpaired) electrons. The molecule has 26 heavy (non-hydrogen) atoms. The highest BCUT2D eigenvalue weighted by molar-refractivity contribution is 5.55. The molecule has 1 saturated heterocycles. The van der Waals surface area contributed by atoms with Gasteiger partial charge in [-0.2, -0.15) is 5.10 Å². The maximum Gasteiger partial charge on any atom is 0.140 e. The molecular formula is C20H26N6. The van der Waals surface area contributed by atoms with Crippen molar-refractivity contribution in [2.45, 2.75) is 40.4 Å². The van der Waals surface area contributed by atoms with E-state index in [4.69, 9.17) is 0 Å². The van der Waals surface area contributed by atoms with Crippen LogP contribution in [0.25, 0.3) is 11.4 Å². The summed E-state index contributed by atoms with van der Waals surface area (Å²) in [5, 5.41) is 4.45. The highest BCUT2D eigenvalue weighted by Gasteiger charge is 2.28. The predicted molar refractivity (Wildman–Crippen MR) is 102 cm³/mol. The largest absolute Gasteiger partial charge is 0.328 e. The van der Waals surface area contributed by atoms with Crippen LogP contribution in [0, 0.1) is 19.8 Å². The summed E-state index contributed by atoms with van der Waals surface area (Å²) in [5.41, 5.74) is 4.99. The van der Waals surface area contributed by atoms with Gasteiger partial charge in [-0.3, -0.25) is 14.6 Å². The van der Waals surface area contributed by atoms with Crippen LogP contribution in [-0.4, -0.2) is 42.3 Å². The van der Waals surface area contributed by atoms with Crippen LogP contribution in [0.3, 0.4) is 0 Å². The quantitative estimate of drug-likeness (QED) is 0.686. The van der Waals surface area contributed by atoms with Gasteiger partial charge in [0, 0.05) is 79.7 Å². The van der Waals surface area contributed by atoms with E-state index in [9.17, 15) is 0 Å². The fraction of sp³-hybridized carbons (Fsp3) is 0.450. The molecule has 3 aromatic rings. The topological polar surface area (TPSA) is 51.8 Å². The first-order chi connectivity index (χ1) is 12.7. The van der Waals surface area contributed by atoms with Crippen LogP contribution < -0.4 is 0 Å². The monoisotopic (exact) mass is 350 g/mol. The number of nitrogens with zero attached hydrogens (tertiary/aromatic N) is 6. The predicted octanol–water partition coefficient (Wildman–Crippen LogP) is 2.91. The van der Waals surface area contributed by atoms with Crippen LogP contribution in [0.2, 0.25) is 0 Å². The molecule has 1 fully saturated rings. The van der Waals surface area contributed by atoms with Crippen molar-refractivity contribution in [2.24, 2.45) is 5.92 Å². The van der Waals surface area contributed by atoms with Crippen molar-refractivity contribution in [2.75, 3.05) is 13.1 Å². The molecule has 4 rings (SSSR count). The molecular weight excluding hydrogens is 324 g/mol. The standard InChI is InChI=1S/C20H26N6/c1-4-26-16(3)19(10-23-26)14-24-11-17(12-24)13-25-15(2)9-22-20(25)18-5-7-21-8-6-18/h5-10,17H,4,11-14H2,1-3H3. The second-order valence-corrected chi connectivity index (χ2v) is 7.20. The second kappa shape index (κ2) is 7.03. The normalized spacial score (nSPS) is 15.3. The van der Waals surface area contributed by atoms with E-state index in [1.165, 1.54) is 17.0 Å². The lowest BCUT2D eigenvalue weighted by atomic mass is 9.99. The van der Waals surface area contributed by atoms with Gasteiger partial charge in [-0.05, 0) is 32.9 Å². The lowest BCUT2D eigenvalue weighted by Crippen LogP contribution is -2.47. The number of hydrogen-bond donors (Lipinski definition) is 0. The SMILES string of the molecule is CCn1ncc(CN2CC(Cn3c(C)cnc3-c3ccncc3)C2)c1C. The minimum atomic E-state index is 0.671. The third kappa shape index (κ3) is 3.17. The zero-order chi connectivity index (χ0) is 18.1. The molecule has 0 saturated carbocycles. The number of aryl methyl sites for hydroxylation is 2. The van der Waals surface area contributed by atoms with Crippen molar-refractivity contribution in [3.63, 3.8) is 0 Å². The van der Waals surface area contributed by atoms with Gasteiger partial charge in [0.2, 0.25) is 0 Å². The van der Waals surface area contributed by atoms with Gasteiger partial charge in [-0.1, -0.05) is 0 Å². The molecule has 1 aliphatic rings. The number of likely N-dealkylation sites (tertiary alicyclic amines) is 1. The summed E-state index contributed by atoms with van der Waals surface area (Å²) < 4.78 is 4.42. The van der Waals surface area contributed by atoms with Gasteiger partial charge >= 0.3 is 0 Å². The molecule has 6 heteroatoms. The molecule has 0 bridgehead atoms. The van der Waals surface area contributed by atoms with E-state index in [0.717, 1.165) is 44.1 Å².